The highest BCUT2D eigenvalue weighted by atomic mass is 16.3. The summed E-state index contributed by atoms with van der Waals surface area (Å²) in [6.45, 7) is 4.69. The molecule has 4 heteroatoms. The predicted octanol–water partition coefficient (Wildman–Crippen LogP) is 12.8. The van der Waals surface area contributed by atoms with Gasteiger partial charge in [-0.1, -0.05) is 135 Å². The summed E-state index contributed by atoms with van der Waals surface area (Å²) < 4.78 is 9.10. The van der Waals surface area contributed by atoms with E-state index in [9.17, 15) is 0 Å². The normalized spacial score (nSPS) is 13.2. The summed E-state index contributed by atoms with van der Waals surface area (Å²) in [4.78, 5) is 10.2. The topological polar surface area (TPSA) is 43.9 Å². The Balaban J connectivity index is 1.12. The molecule has 0 saturated carbocycles. The molecule has 10 aromatic rings. The van der Waals surface area contributed by atoms with Crippen molar-refractivity contribution in [3.63, 3.8) is 0 Å². The van der Waals surface area contributed by atoms with Gasteiger partial charge < -0.3 is 8.98 Å². The highest BCUT2D eigenvalue weighted by molar-refractivity contribution is 6.18. The summed E-state index contributed by atoms with van der Waals surface area (Å²) in [5.41, 5.74) is 15.2. The predicted molar refractivity (Wildman–Crippen MR) is 218 cm³/mol. The van der Waals surface area contributed by atoms with Crippen molar-refractivity contribution in [2.45, 2.75) is 19.3 Å². The Labute approximate surface area is 306 Å². The lowest BCUT2D eigenvalue weighted by Crippen LogP contribution is -2.14. The van der Waals surface area contributed by atoms with Gasteiger partial charge in [0, 0.05) is 55.4 Å². The Morgan fingerprint density at radius 1 is 0.491 bits per heavy atom. The molecule has 0 aliphatic heterocycles. The van der Waals surface area contributed by atoms with Crippen molar-refractivity contribution in [2.24, 2.45) is 0 Å². The highest BCUT2D eigenvalue weighted by Crippen LogP contribution is 2.53. The van der Waals surface area contributed by atoms with Crippen LogP contribution in [0, 0.1) is 0 Å². The Morgan fingerprint density at radius 2 is 1.21 bits per heavy atom. The van der Waals surface area contributed by atoms with Gasteiger partial charge >= 0.3 is 0 Å². The summed E-state index contributed by atoms with van der Waals surface area (Å²) in [7, 11) is 0. The lowest BCUT2D eigenvalue weighted by atomic mass is 9.82. The zero-order chi connectivity index (χ0) is 35.3. The summed E-state index contributed by atoms with van der Waals surface area (Å²) >= 11 is 0. The minimum absolute atomic E-state index is 0.0679. The van der Waals surface area contributed by atoms with Crippen LogP contribution in [0.25, 0.3) is 94.5 Å². The number of rotatable bonds is 4. The maximum atomic E-state index is 6.70. The van der Waals surface area contributed by atoms with E-state index in [2.05, 4.69) is 146 Å². The van der Waals surface area contributed by atoms with Gasteiger partial charge in [-0.25, -0.2) is 9.97 Å². The van der Waals surface area contributed by atoms with Gasteiger partial charge in [0.15, 0.2) is 5.82 Å². The highest BCUT2D eigenvalue weighted by Gasteiger charge is 2.37. The van der Waals surface area contributed by atoms with Gasteiger partial charge in [0.1, 0.15) is 11.2 Å². The molecule has 3 aromatic heterocycles. The van der Waals surface area contributed by atoms with Gasteiger partial charge in [0.05, 0.1) is 22.4 Å². The largest absolute Gasteiger partial charge is 0.456 e. The smallest absolute Gasteiger partial charge is 0.160 e. The SMILES string of the molecule is CC1(C)c2ccccc2-c2c1ccc1c2c2ccccc2n1-c1ccc2c(c1)oc1cccc(-c3cc(-c4ccccc4)nc(-c4ccccc4)n3)c12. The lowest BCUT2D eigenvalue weighted by molar-refractivity contribution is 0.661. The van der Waals surface area contributed by atoms with Crippen molar-refractivity contribution in [2.75, 3.05) is 0 Å². The van der Waals surface area contributed by atoms with Crippen LogP contribution in [0.15, 0.2) is 168 Å². The first-order chi connectivity index (χ1) is 26.0. The standard InChI is InChI=1S/C49H33N3O/c1-49(2)37-21-11-9-18-33(37)46-38(49)26-27-42-47(46)35-19-10-12-22-41(35)52(42)32-24-25-36-44(28-32)53-43-23-13-20-34(45(36)43)40-29-39(30-14-5-3-6-15-30)50-48(51-40)31-16-7-4-8-17-31/h3-29H,1-2H3. The molecule has 0 N–H and O–H groups in total. The number of aromatic nitrogens is 3. The van der Waals surface area contributed by atoms with Crippen molar-refractivity contribution in [3.8, 4) is 50.7 Å². The third kappa shape index (κ3) is 4.36. The van der Waals surface area contributed by atoms with Gasteiger partial charge in [-0.05, 0) is 58.7 Å². The maximum Gasteiger partial charge on any atom is 0.160 e. The number of hydrogen-bond acceptors (Lipinski definition) is 3. The maximum absolute atomic E-state index is 6.70. The van der Waals surface area contributed by atoms with Crippen LogP contribution in [0.3, 0.4) is 0 Å². The number of nitrogens with zero attached hydrogens (tertiary/aromatic N) is 3. The van der Waals surface area contributed by atoms with E-state index in [-0.39, 0.29) is 5.41 Å². The van der Waals surface area contributed by atoms with Crippen molar-refractivity contribution in [1.82, 2.24) is 14.5 Å². The Morgan fingerprint density at radius 3 is 2.06 bits per heavy atom. The molecular weight excluding hydrogens is 647 g/mol. The molecule has 250 valence electrons. The van der Waals surface area contributed by atoms with Crippen LogP contribution in [0.5, 0.6) is 0 Å². The second kappa shape index (κ2) is 11.1. The van der Waals surface area contributed by atoms with Gasteiger partial charge in [0.25, 0.3) is 0 Å². The minimum Gasteiger partial charge on any atom is -0.456 e. The number of fused-ring (bicyclic) bond motifs is 10. The van der Waals surface area contributed by atoms with E-state index in [1.807, 2.05) is 36.4 Å². The van der Waals surface area contributed by atoms with Crippen molar-refractivity contribution in [1.29, 1.82) is 0 Å². The molecule has 0 bridgehead atoms. The Kier molecular flexibility index (Phi) is 6.27. The third-order valence-corrected chi connectivity index (χ3v) is 11.2. The van der Waals surface area contributed by atoms with E-state index in [0.29, 0.717) is 5.82 Å². The minimum atomic E-state index is -0.0679. The van der Waals surface area contributed by atoms with E-state index >= 15 is 0 Å². The summed E-state index contributed by atoms with van der Waals surface area (Å²) in [6, 6.07) is 57.8. The molecule has 1 aliphatic carbocycles. The number of benzene rings is 7. The quantitative estimate of drug-likeness (QED) is 0.186. The van der Waals surface area contributed by atoms with Crippen LogP contribution in [-0.4, -0.2) is 14.5 Å². The second-order valence-corrected chi connectivity index (χ2v) is 14.6. The number of hydrogen-bond donors (Lipinski definition) is 0. The molecule has 7 aromatic carbocycles. The molecule has 11 rings (SSSR count). The van der Waals surface area contributed by atoms with Crippen molar-refractivity contribution >= 4 is 43.7 Å². The molecular formula is C49H33N3O. The molecule has 1 aliphatic rings. The molecule has 0 amide bonds. The molecule has 53 heavy (non-hydrogen) atoms. The summed E-state index contributed by atoms with van der Waals surface area (Å²) in [5.74, 6) is 0.693. The zero-order valence-electron chi connectivity index (χ0n) is 29.3. The van der Waals surface area contributed by atoms with E-state index < -0.39 is 0 Å². The van der Waals surface area contributed by atoms with Crippen LogP contribution >= 0.6 is 0 Å². The fourth-order valence-corrected chi connectivity index (χ4v) is 8.76. The molecule has 3 heterocycles. The van der Waals surface area contributed by atoms with E-state index in [1.165, 1.54) is 44.1 Å². The average molecular weight is 680 g/mol. The summed E-state index contributed by atoms with van der Waals surface area (Å²) in [5, 5.41) is 4.66. The molecule has 0 saturated heterocycles. The molecule has 0 radical (unpaired) electrons. The molecule has 4 nitrogen and oxygen atoms in total. The molecule has 0 atom stereocenters. The van der Waals surface area contributed by atoms with Crippen LogP contribution in [0.4, 0.5) is 0 Å². The van der Waals surface area contributed by atoms with Crippen molar-refractivity contribution in [3.05, 3.63) is 175 Å². The van der Waals surface area contributed by atoms with Crippen LogP contribution < -0.4 is 0 Å². The van der Waals surface area contributed by atoms with Gasteiger partial charge in [-0.3, -0.25) is 0 Å². The lowest BCUT2D eigenvalue weighted by Gasteiger charge is -2.21. The van der Waals surface area contributed by atoms with Crippen molar-refractivity contribution < 1.29 is 4.42 Å². The Bertz CT molecular complexity index is 3020. The Hall–Kier alpha value is -6.78. The second-order valence-electron chi connectivity index (χ2n) is 14.6. The molecule has 0 fully saturated rings. The van der Waals surface area contributed by atoms with E-state index in [1.54, 1.807) is 0 Å². The fourth-order valence-electron chi connectivity index (χ4n) is 8.76. The van der Waals surface area contributed by atoms with E-state index in [0.717, 1.165) is 55.7 Å². The first-order valence-corrected chi connectivity index (χ1v) is 18.2. The average Bonchev–Trinajstić information content (AvgIpc) is 3.83. The fraction of sp³-hybridized carbons (Fsp3) is 0.0612. The molecule has 0 spiro atoms. The zero-order valence-corrected chi connectivity index (χ0v) is 29.3. The monoisotopic (exact) mass is 679 g/mol. The van der Waals surface area contributed by atoms with Gasteiger partial charge in [-0.2, -0.15) is 0 Å². The van der Waals surface area contributed by atoms with Crippen LogP contribution in [0.1, 0.15) is 25.0 Å². The first kappa shape index (κ1) is 29.9. The van der Waals surface area contributed by atoms with E-state index in [4.69, 9.17) is 14.4 Å². The number of para-hydroxylation sites is 1. The molecule has 0 unspecified atom stereocenters. The van der Waals surface area contributed by atoms with Gasteiger partial charge in [-0.15, -0.1) is 0 Å². The van der Waals surface area contributed by atoms with Gasteiger partial charge in [0.2, 0.25) is 0 Å². The first-order valence-electron chi connectivity index (χ1n) is 18.2. The summed E-state index contributed by atoms with van der Waals surface area (Å²) in [6.07, 6.45) is 0. The number of furan rings is 1. The van der Waals surface area contributed by atoms with Crippen LogP contribution in [-0.2, 0) is 5.41 Å². The van der Waals surface area contributed by atoms with Crippen LogP contribution in [0.2, 0.25) is 0 Å². The third-order valence-electron chi connectivity index (χ3n) is 11.2.